The van der Waals surface area contributed by atoms with E-state index in [0.717, 1.165) is 6.07 Å². The van der Waals surface area contributed by atoms with Gasteiger partial charge in [0.05, 0.1) is 11.3 Å². The zero-order valence-electron chi connectivity index (χ0n) is 27.2. The van der Waals surface area contributed by atoms with Gasteiger partial charge in [-0.25, -0.2) is 18.8 Å². The van der Waals surface area contributed by atoms with Gasteiger partial charge in [0.1, 0.15) is 12.6 Å². The van der Waals surface area contributed by atoms with Crippen molar-refractivity contribution in [3.63, 3.8) is 0 Å². The van der Waals surface area contributed by atoms with E-state index in [1.807, 2.05) is 25.9 Å². The van der Waals surface area contributed by atoms with Gasteiger partial charge >= 0.3 is 23.8 Å². The maximum atomic E-state index is 16.3. The van der Waals surface area contributed by atoms with E-state index >= 15 is 4.39 Å². The molecule has 0 aliphatic heterocycles. The number of H-pyrrole nitrogens is 1. The van der Waals surface area contributed by atoms with Gasteiger partial charge in [-0.3, -0.25) is 4.98 Å². The lowest BCUT2D eigenvalue weighted by atomic mass is 10.00. The van der Waals surface area contributed by atoms with Crippen LogP contribution in [0.15, 0.2) is 70.0 Å². The SMILES string of the molecule is CCc1cc(OCCN(C)C)c(F)c(C(Nc2ccc(-c3noc(C)n3)cc2)c2nn(-c3ccccc3C(=O)OC(=O)C(F)(F)F)c(=O)[nH]2)c1. The predicted octanol–water partition coefficient (Wildman–Crippen LogP) is 5.01. The molecule has 0 radical (unpaired) electrons. The van der Waals surface area contributed by atoms with Crippen LogP contribution in [0.25, 0.3) is 17.1 Å². The highest BCUT2D eigenvalue weighted by Crippen LogP contribution is 2.33. The fourth-order valence-corrected chi connectivity index (χ4v) is 4.79. The summed E-state index contributed by atoms with van der Waals surface area (Å²) >= 11 is 0. The molecule has 5 aromatic rings. The van der Waals surface area contributed by atoms with Gasteiger partial charge in [-0.05, 0) is 68.5 Å². The molecule has 1 atom stereocenters. The minimum atomic E-state index is -5.44. The van der Waals surface area contributed by atoms with Crippen LogP contribution in [0.2, 0.25) is 0 Å². The molecule has 0 saturated carbocycles. The van der Waals surface area contributed by atoms with Crippen LogP contribution in [-0.2, 0) is 16.0 Å². The van der Waals surface area contributed by atoms with Crippen molar-refractivity contribution in [3.05, 3.63) is 105 Å². The number of hydrogen-bond acceptors (Lipinski definition) is 11. The molecular formula is C33H31F4N7O6. The lowest BCUT2D eigenvalue weighted by Crippen LogP contribution is -2.29. The molecule has 3 aromatic carbocycles. The summed E-state index contributed by atoms with van der Waals surface area (Å²) in [7, 11) is 3.69. The van der Waals surface area contributed by atoms with Crippen molar-refractivity contribution in [1.29, 1.82) is 0 Å². The second-order valence-electron chi connectivity index (χ2n) is 11.2. The molecular weight excluding hydrogens is 666 g/mol. The molecule has 0 aliphatic rings. The van der Waals surface area contributed by atoms with E-state index < -0.39 is 41.2 Å². The van der Waals surface area contributed by atoms with Crippen molar-refractivity contribution in [2.45, 2.75) is 32.5 Å². The molecule has 0 bridgehead atoms. The molecule has 50 heavy (non-hydrogen) atoms. The average Bonchev–Trinajstić information content (AvgIpc) is 3.69. The van der Waals surface area contributed by atoms with Gasteiger partial charge in [-0.15, -0.1) is 5.10 Å². The first-order valence-electron chi connectivity index (χ1n) is 15.1. The Labute approximate surface area is 281 Å². The number of para-hydroxylation sites is 1. The third-order valence-corrected chi connectivity index (χ3v) is 7.30. The highest BCUT2D eigenvalue weighted by atomic mass is 19.4. The lowest BCUT2D eigenvalue weighted by Gasteiger charge is -2.21. The standard InChI is InChI=1S/C33H31F4N7O6/c1-5-19-16-23(26(34)25(17-19)48-15-14-43(3)4)27(39-21-12-10-20(11-13-21)28-38-18(2)50-42-28)29-40-32(47)44(41-29)24-9-7-6-8-22(24)30(45)49-31(46)33(35,36)37/h6-13,16-17,27,39H,5,14-15H2,1-4H3,(H,40,41,47). The van der Waals surface area contributed by atoms with Crippen LogP contribution in [0.3, 0.4) is 0 Å². The molecule has 0 aliphatic carbocycles. The third kappa shape index (κ3) is 8.06. The number of aryl methyl sites for hydroxylation is 2. The van der Waals surface area contributed by atoms with Crippen LogP contribution in [0.4, 0.5) is 23.2 Å². The van der Waals surface area contributed by atoms with Crippen LogP contribution in [0.5, 0.6) is 5.75 Å². The Kier molecular flexibility index (Phi) is 10.5. The van der Waals surface area contributed by atoms with E-state index in [4.69, 9.17) is 9.26 Å². The van der Waals surface area contributed by atoms with E-state index in [1.54, 1.807) is 43.3 Å². The minimum absolute atomic E-state index is 0.0278. The molecule has 17 heteroatoms. The number of anilines is 1. The number of nitrogens with zero attached hydrogens (tertiary/aromatic N) is 5. The molecule has 2 N–H and O–H groups in total. The Balaban J connectivity index is 1.59. The normalized spacial score (nSPS) is 12.2. The van der Waals surface area contributed by atoms with Crippen molar-refractivity contribution in [3.8, 4) is 22.8 Å². The van der Waals surface area contributed by atoms with Crippen molar-refractivity contribution in [2.24, 2.45) is 0 Å². The number of alkyl halides is 3. The number of aromatic amines is 1. The Bertz CT molecular complexity index is 2050. The fourth-order valence-electron chi connectivity index (χ4n) is 4.79. The predicted molar refractivity (Wildman–Crippen MR) is 170 cm³/mol. The molecule has 2 heterocycles. The minimum Gasteiger partial charge on any atom is -0.489 e. The molecule has 0 spiro atoms. The molecule has 13 nitrogen and oxygen atoms in total. The summed E-state index contributed by atoms with van der Waals surface area (Å²) in [6.07, 6.45) is -4.94. The smallest absolute Gasteiger partial charge is 0.489 e. The van der Waals surface area contributed by atoms with Crippen LogP contribution in [-0.4, -0.2) is 75.2 Å². The Morgan fingerprint density at radius 2 is 1.82 bits per heavy atom. The lowest BCUT2D eigenvalue weighted by molar-refractivity contribution is -0.193. The van der Waals surface area contributed by atoms with E-state index in [-0.39, 0.29) is 29.4 Å². The molecule has 262 valence electrons. The first-order chi connectivity index (χ1) is 23.7. The van der Waals surface area contributed by atoms with Crippen molar-refractivity contribution < 1.29 is 41.1 Å². The third-order valence-electron chi connectivity index (χ3n) is 7.30. The summed E-state index contributed by atoms with van der Waals surface area (Å²) in [5.41, 5.74) is 0.0649. The number of aromatic nitrogens is 5. The highest BCUT2D eigenvalue weighted by molar-refractivity contribution is 6.00. The van der Waals surface area contributed by atoms with Gasteiger partial charge in [0, 0.05) is 30.3 Å². The number of esters is 2. The topological polar surface area (TPSA) is 157 Å². The average molecular weight is 698 g/mol. The number of halogens is 4. The number of likely N-dealkylation sites (N-methyl/N-ethyl adjacent to an activating group) is 1. The second kappa shape index (κ2) is 14.7. The van der Waals surface area contributed by atoms with Crippen LogP contribution in [0.1, 0.15) is 46.2 Å². The molecule has 0 saturated heterocycles. The fraction of sp³-hybridized carbons (Fsp3) is 0.273. The summed E-state index contributed by atoms with van der Waals surface area (Å²) in [6, 6.07) is 13.7. The van der Waals surface area contributed by atoms with Gasteiger partial charge in [-0.2, -0.15) is 22.8 Å². The van der Waals surface area contributed by atoms with E-state index in [2.05, 4.69) is 30.3 Å². The maximum Gasteiger partial charge on any atom is 0.491 e. The zero-order valence-corrected chi connectivity index (χ0v) is 27.2. The Hall–Kier alpha value is -5.84. The van der Waals surface area contributed by atoms with E-state index in [1.165, 1.54) is 18.2 Å². The maximum absolute atomic E-state index is 16.3. The van der Waals surface area contributed by atoms with E-state index in [9.17, 15) is 27.6 Å². The number of hydrogen-bond donors (Lipinski definition) is 2. The van der Waals surface area contributed by atoms with Gasteiger partial charge < -0.3 is 24.2 Å². The summed E-state index contributed by atoms with van der Waals surface area (Å²) in [5, 5.41) is 11.4. The molecule has 1 unspecified atom stereocenters. The first kappa shape index (κ1) is 35.5. The summed E-state index contributed by atoms with van der Waals surface area (Å²) in [6.45, 7) is 4.21. The van der Waals surface area contributed by atoms with Gasteiger partial charge in [0.2, 0.25) is 11.7 Å². The number of nitrogens with one attached hydrogen (secondary N) is 2. The Morgan fingerprint density at radius 3 is 2.46 bits per heavy atom. The van der Waals surface area contributed by atoms with Crippen molar-refractivity contribution >= 4 is 17.6 Å². The van der Waals surface area contributed by atoms with Crippen molar-refractivity contribution in [2.75, 3.05) is 32.6 Å². The molecule has 0 fully saturated rings. The van der Waals surface area contributed by atoms with E-state index in [0.29, 0.717) is 46.2 Å². The Morgan fingerprint density at radius 1 is 1.10 bits per heavy atom. The summed E-state index contributed by atoms with van der Waals surface area (Å²) < 4.78 is 70.3. The van der Waals surface area contributed by atoms with Crippen LogP contribution < -0.4 is 15.7 Å². The quantitative estimate of drug-likeness (QED) is 0.103. The van der Waals surface area contributed by atoms with Gasteiger partial charge in [0.25, 0.3) is 0 Å². The van der Waals surface area contributed by atoms with Gasteiger partial charge in [-0.1, -0.05) is 30.3 Å². The molecule has 5 rings (SSSR count). The summed E-state index contributed by atoms with van der Waals surface area (Å²) in [4.78, 5) is 46.0. The number of ether oxygens (including phenoxy) is 2. The van der Waals surface area contributed by atoms with Gasteiger partial charge in [0.15, 0.2) is 17.4 Å². The second-order valence-corrected chi connectivity index (χ2v) is 11.2. The zero-order chi connectivity index (χ0) is 36.2. The molecule has 0 amide bonds. The largest absolute Gasteiger partial charge is 0.491 e. The number of carbonyl (C=O) groups excluding carboxylic acids is 2. The highest BCUT2D eigenvalue weighted by Gasteiger charge is 2.43. The number of carbonyl (C=O) groups is 2. The van der Waals surface area contributed by atoms with Crippen LogP contribution >= 0.6 is 0 Å². The molecule has 2 aromatic heterocycles. The number of rotatable bonds is 12. The number of benzene rings is 3. The first-order valence-corrected chi connectivity index (χ1v) is 15.1. The monoisotopic (exact) mass is 697 g/mol. The summed E-state index contributed by atoms with van der Waals surface area (Å²) in [5.74, 6) is -4.56. The van der Waals surface area contributed by atoms with Crippen molar-refractivity contribution in [1.82, 2.24) is 29.8 Å². The van der Waals surface area contributed by atoms with Crippen LogP contribution in [0, 0.1) is 12.7 Å².